The van der Waals surface area contributed by atoms with Crippen molar-refractivity contribution >= 4 is 10.9 Å². The van der Waals surface area contributed by atoms with E-state index in [0.29, 0.717) is 0 Å². The number of aryl methyl sites for hydroxylation is 1. The zero-order chi connectivity index (χ0) is 11.0. The van der Waals surface area contributed by atoms with Gasteiger partial charge in [-0.05, 0) is 19.1 Å². The summed E-state index contributed by atoms with van der Waals surface area (Å²) in [6, 6.07) is 12.0. The number of benzene rings is 1. The molecule has 0 spiro atoms. The lowest BCUT2D eigenvalue weighted by Crippen LogP contribution is -1.82. The van der Waals surface area contributed by atoms with Crippen LogP contribution >= 0.6 is 0 Å². The van der Waals surface area contributed by atoms with Gasteiger partial charge in [-0.15, -0.1) is 0 Å². The molecule has 0 amide bonds. The van der Waals surface area contributed by atoms with E-state index < -0.39 is 0 Å². The van der Waals surface area contributed by atoms with Crippen LogP contribution in [0.25, 0.3) is 22.2 Å². The second-order valence-electron chi connectivity index (χ2n) is 3.74. The van der Waals surface area contributed by atoms with Crippen molar-refractivity contribution in [1.29, 1.82) is 0 Å². The van der Waals surface area contributed by atoms with Gasteiger partial charge in [0, 0.05) is 23.2 Å². The Kier molecular flexibility index (Phi) is 1.96. The van der Waals surface area contributed by atoms with E-state index >= 15 is 0 Å². The maximum atomic E-state index is 5.05. The van der Waals surface area contributed by atoms with E-state index in [9.17, 15) is 0 Å². The molecule has 3 nitrogen and oxygen atoms in total. The first-order valence-electron chi connectivity index (χ1n) is 5.11. The Morgan fingerprint density at radius 2 is 2.00 bits per heavy atom. The average molecular weight is 210 g/mol. The van der Waals surface area contributed by atoms with E-state index in [0.717, 1.165) is 27.9 Å². The highest BCUT2D eigenvalue weighted by Crippen LogP contribution is 2.21. The summed E-state index contributed by atoms with van der Waals surface area (Å²) in [6.45, 7) is 1.88. The van der Waals surface area contributed by atoms with Crippen molar-refractivity contribution < 1.29 is 4.52 Å². The first-order valence-corrected chi connectivity index (χ1v) is 5.11. The van der Waals surface area contributed by atoms with Gasteiger partial charge in [0.05, 0.1) is 5.52 Å². The van der Waals surface area contributed by atoms with Crippen LogP contribution in [0.4, 0.5) is 0 Å². The van der Waals surface area contributed by atoms with Crippen LogP contribution in [0, 0.1) is 6.92 Å². The van der Waals surface area contributed by atoms with E-state index in [1.807, 2.05) is 43.5 Å². The number of hydrogen-bond donors (Lipinski definition) is 0. The lowest BCUT2D eigenvalue weighted by Gasteiger charge is -1.98. The zero-order valence-electron chi connectivity index (χ0n) is 8.84. The molecule has 3 heteroatoms. The standard InChI is InChI=1S/C13H10N2O/c1-9-6-13(15-16-9)11-7-10-4-2-3-5-12(10)14-8-11/h2-8H,1H3. The maximum Gasteiger partial charge on any atom is 0.134 e. The molecule has 0 aliphatic rings. The van der Waals surface area contributed by atoms with Crippen molar-refractivity contribution in [2.24, 2.45) is 0 Å². The van der Waals surface area contributed by atoms with E-state index in [-0.39, 0.29) is 0 Å². The molecule has 0 N–H and O–H groups in total. The molecule has 0 radical (unpaired) electrons. The summed E-state index contributed by atoms with van der Waals surface area (Å²) in [5.74, 6) is 0.808. The number of aromatic nitrogens is 2. The molecule has 2 aromatic heterocycles. The van der Waals surface area contributed by atoms with Gasteiger partial charge in [-0.3, -0.25) is 4.98 Å². The molecule has 0 aliphatic heterocycles. The number of rotatable bonds is 1. The molecule has 3 rings (SSSR count). The summed E-state index contributed by atoms with van der Waals surface area (Å²) in [4.78, 5) is 4.39. The van der Waals surface area contributed by atoms with Crippen LogP contribution in [0.2, 0.25) is 0 Å². The van der Waals surface area contributed by atoms with Crippen LogP contribution in [0.3, 0.4) is 0 Å². The van der Waals surface area contributed by atoms with Crippen molar-refractivity contribution in [2.75, 3.05) is 0 Å². The minimum Gasteiger partial charge on any atom is -0.361 e. The monoisotopic (exact) mass is 210 g/mol. The molecule has 0 unspecified atom stereocenters. The number of nitrogens with zero attached hydrogens (tertiary/aromatic N) is 2. The second-order valence-corrected chi connectivity index (χ2v) is 3.74. The Labute approximate surface area is 92.7 Å². The Morgan fingerprint density at radius 1 is 1.12 bits per heavy atom. The summed E-state index contributed by atoms with van der Waals surface area (Å²) in [5, 5.41) is 5.09. The van der Waals surface area contributed by atoms with Crippen LogP contribution in [0.1, 0.15) is 5.76 Å². The summed E-state index contributed by atoms with van der Waals surface area (Å²) in [5.41, 5.74) is 2.80. The van der Waals surface area contributed by atoms with Gasteiger partial charge in [0.25, 0.3) is 0 Å². The van der Waals surface area contributed by atoms with Gasteiger partial charge in [0.15, 0.2) is 0 Å². The average Bonchev–Trinajstić information content (AvgIpc) is 2.75. The molecule has 0 bridgehead atoms. The molecule has 0 atom stereocenters. The third kappa shape index (κ3) is 1.46. The van der Waals surface area contributed by atoms with Crippen LogP contribution in [-0.4, -0.2) is 10.1 Å². The van der Waals surface area contributed by atoms with Gasteiger partial charge in [-0.2, -0.15) is 0 Å². The lowest BCUT2D eigenvalue weighted by atomic mass is 10.1. The van der Waals surface area contributed by atoms with Gasteiger partial charge in [0.1, 0.15) is 11.5 Å². The van der Waals surface area contributed by atoms with Crippen molar-refractivity contribution in [1.82, 2.24) is 10.1 Å². The molecule has 16 heavy (non-hydrogen) atoms. The molecule has 1 aromatic carbocycles. The fourth-order valence-corrected chi connectivity index (χ4v) is 1.71. The van der Waals surface area contributed by atoms with E-state index in [4.69, 9.17) is 4.52 Å². The van der Waals surface area contributed by atoms with Gasteiger partial charge < -0.3 is 4.52 Å². The highest BCUT2D eigenvalue weighted by atomic mass is 16.5. The molecular weight excluding hydrogens is 200 g/mol. The van der Waals surface area contributed by atoms with Crippen LogP contribution < -0.4 is 0 Å². The number of para-hydroxylation sites is 1. The first kappa shape index (κ1) is 9.09. The second kappa shape index (κ2) is 3.45. The quantitative estimate of drug-likeness (QED) is 0.619. The molecule has 78 valence electrons. The first-order chi connectivity index (χ1) is 7.83. The van der Waals surface area contributed by atoms with Gasteiger partial charge >= 0.3 is 0 Å². The van der Waals surface area contributed by atoms with Gasteiger partial charge in [-0.25, -0.2) is 0 Å². The SMILES string of the molecule is Cc1cc(-c2cnc3ccccc3c2)no1. The summed E-state index contributed by atoms with van der Waals surface area (Å²) in [7, 11) is 0. The Balaban J connectivity index is 2.18. The van der Waals surface area contributed by atoms with Crippen LogP contribution in [0.5, 0.6) is 0 Å². The lowest BCUT2D eigenvalue weighted by molar-refractivity contribution is 0.399. The number of pyridine rings is 1. The minimum absolute atomic E-state index is 0.808. The fraction of sp³-hybridized carbons (Fsp3) is 0.0769. The summed E-state index contributed by atoms with van der Waals surface area (Å²) < 4.78 is 5.05. The highest BCUT2D eigenvalue weighted by Gasteiger charge is 2.04. The van der Waals surface area contributed by atoms with E-state index in [2.05, 4.69) is 16.2 Å². The topological polar surface area (TPSA) is 38.9 Å². The Morgan fingerprint density at radius 3 is 2.81 bits per heavy atom. The molecule has 3 aromatic rings. The van der Waals surface area contributed by atoms with Crippen molar-refractivity contribution in [3.05, 3.63) is 48.4 Å². The third-order valence-electron chi connectivity index (χ3n) is 2.51. The molecule has 2 heterocycles. The largest absolute Gasteiger partial charge is 0.361 e. The predicted molar refractivity (Wildman–Crippen MR) is 62.0 cm³/mol. The van der Waals surface area contributed by atoms with Crippen molar-refractivity contribution in [3.63, 3.8) is 0 Å². The predicted octanol–water partition coefficient (Wildman–Crippen LogP) is 3.20. The maximum absolute atomic E-state index is 5.05. The van der Waals surface area contributed by atoms with Crippen LogP contribution in [-0.2, 0) is 0 Å². The Bertz CT molecular complexity index is 643. The Hall–Kier alpha value is -2.16. The van der Waals surface area contributed by atoms with Crippen molar-refractivity contribution in [2.45, 2.75) is 6.92 Å². The fourth-order valence-electron chi connectivity index (χ4n) is 1.71. The van der Waals surface area contributed by atoms with E-state index in [1.54, 1.807) is 0 Å². The van der Waals surface area contributed by atoms with E-state index in [1.165, 1.54) is 0 Å². The molecular formula is C13H10N2O. The molecule has 0 saturated carbocycles. The molecule has 0 aliphatic carbocycles. The minimum atomic E-state index is 0.808. The normalized spacial score (nSPS) is 10.8. The number of fused-ring (bicyclic) bond motifs is 1. The molecule has 0 saturated heterocycles. The van der Waals surface area contributed by atoms with Gasteiger partial charge in [0.2, 0.25) is 0 Å². The van der Waals surface area contributed by atoms with Crippen molar-refractivity contribution in [3.8, 4) is 11.3 Å². The molecule has 0 fully saturated rings. The summed E-state index contributed by atoms with van der Waals surface area (Å²) in [6.07, 6.45) is 1.82. The van der Waals surface area contributed by atoms with Crippen LogP contribution in [0.15, 0.2) is 47.1 Å². The number of hydrogen-bond acceptors (Lipinski definition) is 3. The zero-order valence-corrected chi connectivity index (χ0v) is 8.84. The summed E-state index contributed by atoms with van der Waals surface area (Å²) >= 11 is 0. The third-order valence-corrected chi connectivity index (χ3v) is 2.51. The highest BCUT2D eigenvalue weighted by molar-refractivity contribution is 5.82. The smallest absolute Gasteiger partial charge is 0.134 e. The van der Waals surface area contributed by atoms with Gasteiger partial charge in [-0.1, -0.05) is 23.4 Å².